The van der Waals surface area contributed by atoms with Crippen molar-refractivity contribution in [2.75, 3.05) is 39.0 Å². The lowest BCUT2D eigenvalue weighted by Gasteiger charge is -2.15. The molecule has 9 nitrogen and oxygen atoms in total. The number of guanidine groups is 1. The molecule has 0 saturated carbocycles. The van der Waals surface area contributed by atoms with Gasteiger partial charge in [-0.3, -0.25) is 4.99 Å². The fourth-order valence-corrected chi connectivity index (χ4v) is 3.07. The highest BCUT2D eigenvalue weighted by molar-refractivity contribution is 7.89. The van der Waals surface area contributed by atoms with E-state index in [1.165, 1.54) is 4.31 Å². The Morgan fingerprint density at radius 3 is 2.72 bits per heavy atom. The molecule has 0 unspecified atom stereocenters. The van der Waals surface area contributed by atoms with Gasteiger partial charge in [-0.25, -0.2) is 12.7 Å². The Hall–Kier alpha value is -1.68. The van der Waals surface area contributed by atoms with Crippen LogP contribution in [0.15, 0.2) is 11.3 Å². The second-order valence-corrected chi connectivity index (χ2v) is 7.92. The van der Waals surface area contributed by atoms with E-state index >= 15 is 0 Å². The van der Waals surface area contributed by atoms with Crippen molar-refractivity contribution in [3.05, 3.63) is 12.2 Å². The number of sulfonamides is 1. The fraction of sp³-hybridized carbons (Fsp3) is 0.800. The van der Waals surface area contributed by atoms with Gasteiger partial charge in [-0.2, -0.15) is 0 Å². The van der Waals surface area contributed by atoms with Crippen molar-refractivity contribution >= 4 is 16.0 Å². The highest BCUT2D eigenvalue weighted by Gasteiger charge is 2.13. The van der Waals surface area contributed by atoms with Gasteiger partial charge in [0, 0.05) is 46.2 Å². The molecule has 0 bridgehead atoms. The van der Waals surface area contributed by atoms with E-state index in [0.717, 1.165) is 31.3 Å². The van der Waals surface area contributed by atoms with Crippen LogP contribution in [0.25, 0.3) is 0 Å². The predicted octanol–water partition coefficient (Wildman–Crippen LogP) is 0.0672. The summed E-state index contributed by atoms with van der Waals surface area (Å²) < 4.78 is 26.8. The first-order chi connectivity index (χ1) is 11.9. The van der Waals surface area contributed by atoms with Gasteiger partial charge in [-0.1, -0.05) is 6.92 Å². The lowest BCUT2D eigenvalue weighted by molar-refractivity contribution is 0.464. The van der Waals surface area contributed by atoms with E-state index in [1.807, 2.05) is 11.5 Å². The van der Waals surface area contributed by atoms with E-state index in [4.69, 9.17) is 0 Å². The predicted molar refractivity (Wildman–Crippen MR) is 100 cm³/mol. The van der Waals surface area contributed by atoms with Gasteiger partial charge in [0.2, 0.25) is 10.0 Å². The van der Waals surface area contributed by atoms with Crippen molar-refractivity contribution in [1.82, 2.24) is 29.7 Å². The number of nitrogens with one attached hydrogen (secondary N) is 2. The molecule has 0 fully saturated rings. The zero-order valence-electron chi connectivity index (χ0n) is 15.7. The fourth-order valence-electron chi connectivity index (χ4n) is 2.22. The molecule has 0 radical (unpaired) electrons. The molecular formula is C15H31N7O2S. The normalized spacial score (nSPS) is 12.6. The number of hydrogen-bond donors (Lipinski definition) is 2. The summed E-state index contributed by atoms with van der Waals surface area (Å²) in [5, 5.41) is 14.4. The molecule has 144 valence electrons. The summed E-state index contributed by atoms with van der Waals surface area (Å²) in [6.45, 7) is 8.98. The van der Waals surface area contributed by atoms with Crippen molar-refractivity contribution in [3.63, 3.8) is 0 Å². The van der Waals surface area contributed by atoms with Gasteiger partial charge in [-0.05, 0) is 20.3 Å². The van der Waals surface area contributed by atoms with Crippen LogP contribution in [-0.2, 0) is 23.0 Å². The maximum atomic E-state index is 11.7. The van der Waals surface area contributed by atoms with Crippen LogP contribution in [0.5, 0.6) is 0 Å². The summed E-state index contributed by atoms with van der Waals surface area (Å²) in [5.74, 6) is 1.82. The third-order valence-electron chi connectivity index (χ3n) is 3.74. The van der Waals surface area contributed by atoms with E-state index in [-0.39, 0.29) is 5.75 Å². The third-order valence-corrected chi connectivity index (χ3v) is 5.60. The summed E-state index contributed by atoms with van der Waals surface area (Å²) in [6, 6.07) is 0. The monoisotopic (exact) mass is 373 g/mol. The number of aromatic nitrogens is 3. The number of nitrogens with zero attached hydrogens (tertiary/aromatic N) is 5. The lowest BCUT2D eigenvalue weighted by Crippen LogP contribution is -2.39. The van der Waals surface area contributed by atoms with E-state index in [0.29, 0.717) is 26.1 Å². The first-order valence-corrected chi connectivity index (χ1v) is 10.4. The molecule has 1 rings (SSSR count). The molecule has 25 heavy (non-hydrogen) atoms. The van der Waals surface area contributed by atoms with Gasteiger partial charge in [0.1, 0.15) is 12.2 Å². The van der Waals surface area contributed by atoms with Gasteiger partial charge < -0.3 is 15.2 Å². The minimum atomic E-state index is -3.12. The van der Waals surface area contributed by atoms with E-state index in [9.17, 15) is 8.42 Å². The van der Waals surface area contributed by atoms with Gasteiger partial charge in [0.15, 0.2) is 5.96 Å². The van der Waals surface area contributed by atoms with Crippen LogP contribution in [-0.4, -0.2) is 72.4 Å². The van der Waals surface area contributed by atoms with Gasteiger partial charge in [-0.15, -0.1) is 10.2 Å². The summed E-state index contributed by atoms with van der Waals surface area (Å²) in [4.78, 5) is 4.49. The van der Waals surface area contributed by atoms with Crippen molar-refractivity contribution in [3.8, 4) is 0 Å². The largest absolute Gasteiger partial charge is 0.357 e. The minimum absolute atomic E-state index is 0.125. The van der Waals surface area contributed by atoms with Crippen molar-refractivity contribution in [1.29, 1.82) is 0 Å². The molecule has 0 aliphatic heterocycles. The average Bonchev–Trinajstić information content (AvgIpc) is 3.05. The highest BCUT2D eigenvalue weighted by atomic mass is 32.2. The van der Waals surface area contributed by atoms with Crippen LogP contribution in [0.1, 0.15) is 33.0 Å². The maximum Gasteiger partial charge on any atom is 0.213 e. The Balaban J connectivity index is 2.41. The molecule has 0 amide bonds. The van der Waals surface area contributed by atoms with Gasteiger partial charge in [0.25, 0.3) is 0 Å². The van der Waals surface area contributed by atoms with Crippen LogP contribution in [0, 0.1) is 0 Å². The molecular weight excluding hydrogens is 342 g/mol. The molecule has 0 atom stereocenters. The SMILES string of the molecule is CCNC(=NCCCN(C)S(=O)(=O)CC)NCCn1cnnc1CC. The summed E-state index contributed by atoms with van der Waals surface area (Å²) >= 11 is 0. The summed E-state index contributed by atoms with van der Waals surface area (Å²) in [5.41, 5.74) is 0. The quantitative estimate of drug-likeness (QED) is 0.323. The zero-order valence-corrected chi connectivity index (χ0v) is 16.5. The lowest BCUT2D eigenvalue weighted by atomic mass is 10.4. The zero-order chi connectivity index (χ0) is 18.7. The standard InChI is InChI=1S/C15H31N7O2S/c1-5-14-20-19-13-22(14)12-10-18-15(16-6-2)17-9-8-11-21(4)25(23,24)7-3/h13H,5-12H2,1-4H3,(H2,16,17,18). The van der Waals surface area contributed by atoms with Crippen molar-refractivity contribution in [2.24, 2.45) is 4.99 Å². The number of aliphatic imine (C=N–C) groups is 1. The maximum absolute atomic E-state index is 11.7. The molecule has 1 aromatic heterocycles. The molecule has 0 spiro atoms. The molecule has 2 N–H and O–H groups in total. The molecule has 0 aliphatic carbocycles. The summed E-state index contributed by atoms with van der Waals surface area (Å²) in [6.07, 6.45) is 3.26. The first kappa shape index (κ1) is 21.4. The Morgan fingerprint density at radius 2 is 2.08 bits per heavy atom. The molecule has 10 heteroatoms. The topological polar surface area (TPSA) is 105 Å². The average molecular weight is 374 g/mol. The van der Waals surface area contributed by atoms with Crippen molar-refractivity contribution in [2.45, 2.75) is 40.2 Å². The minimum Gasteiger partial charge on any atom is -0.357 e. The summed E-state index contributed by atoms with van der Waals surface area (Å²) in [7, 11) is -1.51. The smallest absolute Gasteiger partial charge is 0.213 e. The second-order valence-electron chi connectivity index (χ2n) is 5.56. The van der Waals surface area contributed by atoms with Crippen LogP contribution < -0.4 is 10.6 Å². The first-order valence-electron chi connectivity index (χ1n) is 8.77. The molecule has 1 heterocycles. The highest BCUT2D eigenvalue weighted by Crippen LogP contribution is 1.99. The number of aryl methyl sites for hydroxylation is 1. The van der Waals surface area contributed by atoms with Crippen molar-refractivity contribution < 1.29 is 8.42 Å². The second kappa shape index (κ2) is 11.0. The van der Waals surface area contributed by atoms with Crippen LogP contribution in [0.2, 0.25) is 0 Å². The Labute approximate surface area is 151 Å². The van der Waals surface area contributed by atoms with Crippen LogP contribution in [0.4, 0.5) is 0 Å². The van der Waals surface area contributed by atoms with E-state index in [1.54, 1.807) is 20.3 Å². The Bertz CT molecular complexity index is 628. The Kier molecular flexibility index (Phi) is 9.43. The number of hydrogen-bond acceptors (Lipinski definition) is 5. The molecule has 1 aromatic rings. The third kappa shape index (κ3) is 7.39. The van der Waals surface area contributed by atoms with E-state index < -0.39 is 10.0 Å². The van der Waals surface area contributed by atoms with Gasteiger partial charge >= 0.3 is 0 Å². The van der Waals surface area contributed by atoms with Crippen LogP contribution in [0.3, 0.4) is 0 Å². The van der Waals surface area contributed by atoms with E-state index in [2.05, 4.69) is 32.7 Å². The Morgan fingerprint density at radius 1 is 1.32 bits per heavy atom. The van der Waals surface area contributed by atoms with Crippen LogP contribution >= 0.6 is 0 Å². The molecule has 0 aromatic carbocycles. The van der Waals surface area contributed by atoms with Gasteiger partial charge in [0.05, 0.1) is 5.75 Å². The number of rotatable bonds is 11. The molecule has 0 aliphatic rings. The molecule has 0 saturated heterocycles.